The second-order valence-corrected chi connectivity index (χ2v) is 4.44. The van der Waals surface area contributed by atoms with Gasteiger partial charge in [0, 0.05) is 17.0 Å². The molecule has 0 aliphatic carbocycles. The fourth-order valence-corrected chi connectivity index (χ4v) is 1.88. The Bertz CT molecular complexity index is 383. The number of rotatable bonds is 3. The van der Waals surface area contributed by atoms with Crippen LogP contribution in [0.25, 0.3) is 0 Å². The summed E-state index contributed by atoms with van der Waals surface area (Å²) < 4.78 is 0. The van der Waals surface area contributed by atoms with Gasteiger partial charge in [0.1, 0.15) is 11.5 Å². The quantitative estimate of drug-likeness (QED) is 0.859. The monoisotopic (exact) mass is 226 g/mol. The van der Waals surface area contributed by atoms with Gasteiger partial charge < -0.3 is 5.11 Å². The van der Waals surface area contributed by atoms with Gasteiger partial charge in [-0.15, -0.1) is 0 Å². The molecule has 15 heavy (non-hydrogen) atoms. The number of Topliss-reactive ketones (excluding diaryl/α,β-unsaturated/α-hetero) is 1. The minimum absolute atomic E-state index is 0.0127. The molecule has 0 bridgehead atoms. The lowest BCUT2D eigenvalue weighted by Crippen LogP contribution is -1.98. The Hall–Kier alpha value is -1.02. The summed E-state index contributed by atoms with van der Waals surface area (Å²) in [4.78, 5) is 10.9. The van der Waals surface area contributed by atoms with Crippen LogP contribution in [0.15, 0.2) is 12.1 Å². The molecule has 1 aromatic carbocycles. The first-order chi connectivity index (χ1) is 6.91. The van der Waals surface area contributed by atoms with Gasteiger partial charge in [-0.3, -0.25) is 4.79 Å². The Morgan fingerprint density at radius 2 is 2.07 bits per heavy atom. The Morgan fingerprint density at radius 3 is 2.53 bits per heavy atom. The van der Waals surface area contributed by atoms with Crippen LogP contribution in [0.2, 0.25) is 5.02 Å². The van der Waals surface area contributed by atoms with Crippen LogP contribution in [-0.4, -0.2) is 10.9 Å². The number of phenols is 1. The maximum atomic E-state index is 10.9. The van der Waals surface area contributed by atoms with Gasteiger partial charge in [-0.25, -0.2) is 0 Å². The van der Waals surface area contributed by atoms with Crippen molar-refractivity contribution in [1.82, 2.24) is 0 Å². The lowest BCUT2D eigenvalue weighted by molar-refractivity contribution is -0.116. The molecule has 0 amide bonds. The highest BCUT2D eigenvalue weighted by Gasteiger charge is 2.11. The van der Waals surface area contributed by atoms with Crippen LogP contribution >= 0.6 is 11.6 Å². The molecule has 0 aliphatic heterocycles. The lowest BCUT2D eigenvalue weighted by Gasteiger charge is -2.11. The third-order valence-corrected chi connectivity index (χ3v) is 2.59. The van der Waals surface area contributed by atoms with Crippen molar-refractivity contribution in [3.63, 3.8) is 0 Å². The number of carbonyl (C=O) groups excluding carboxylic acids is 1. The van der Waals surface area contributed by atoms with Gasteiger partial charge in [-0.2, -0.15) is 0 Å². The first-order valence-corrected chi connectivity index (χ1v) is 5.30. The van der Waals surface area contributed by atoms with Gasteiger partial charge in [-0.1, -0.05) is 25.4 Å². The molecule has 1 N–H and O–H groups in total. The number of benzene rings is 1. The van der Waals surface area contributed by atoms with Crippen LogP contribution in [-0.2, 0) is 11.2 Å². The normalized spacial score (nSPS) is 10.7. The zero-order valence-corrected chi connectivity index (χ0v) is 9.93. The maximum absolute atomic E-state index is 10.9. The molecule has 0 saturated carbocycles. The summed E-state index contributed by atoms with van der Waals surface area (Å²) in [5.74, 6) is 0.423. The van der Waals surface area contributed by atoms with Crippen LogP contribution < -0.4 is 0 Å². The summed E-state index contributed by atoms with van der Waals surface area (Å²) in [5.41, 5.74) is 1.50. The highest BCUT2D eigenvalue weighted by Crippen LogP contribution is 2.31. The molecule has 1 aromatic rings. The first-order valence-electron chi connectivity index (χ1n) is 4.92. The van der Waals surface area contributed by atoms with Crippen LogP contribution in [0.5, 0.6) is 5.75 Å². The van der Waals surface area contributed by atoms with Gasteiger partial charge in [0.15, 0.2) is 0 Å². The summed E-state index contributed by atoms with van der Waals surface area (Å²) in [6, 6.07) is 3.32. The molecule has 0 heterocycles. The van der Waals surface area contributed by atoms with Crippen LogP contribution in [0, 0.1) is 0 Å². The second-order valence-electron chi connectivity index (χ2n) is 4.04. The topological polar surface area (TPSA) is 37.3 Å². The molecule has 0 aromatic heterocycles. The number of hydrogen-bond acceptors (Lipinski definition) is 2. The van der Waals surface area contributed by atoms with Crippen LogP contribution in [0.3, 0.4) is 0 Å². The average Bonchev–Trinajstić information content (AvgIpc) is 2.09. The van der Waals surface area contributed by atoms with E-state index < -0.39 is 0 Å². The summed E-state index contributed by atoms with van der Waals surface area (Å²) in [5, 5.41) is 10.3. The van der Waals surface area contributed by atoms with Gasteiger partial charge in [0.2, 0.25) is 0 Å². The SMILES string of the molecule is CC(=O)Cc1cc(Cl)c(C(C)C)cc1O. The van der Waals surface area contributed by atoms with E-state index in [9.17, 15) is 9.90 Å². The first kappa shape index (κ1) is 12.1. The molecular weight excluding hydrogens is 212 g/mol. The van der Waals surface area contributed by atoms with Crippen molar-refractivity contribution in [3.05, 3.63) is 28.3 Å². The van der Waals surface area contributed by atoms with Crippen molar-refractivity contribution in [2.75, 3.05) is 0 Å². The fourth-order valence-electron chi connectivity index (χ4n) is 1.47. The van der Waals surface area contributed by atoms with E-state index >= 15 is 0 Å². The highest BCUT2D eigenvalue weighted by molar-refractivity contribution is 6.31. The third kappa shape index (κ3) is 2.96. The van der Waals surface area contributed by atoms with E-state index in [1.54, 1.807) is 12.1 Å². The van der Waals surface area contributed by atoms with Crippen LogP contribution in [0.4, 0.5) is 0 Å². The van der Waals surface area contributed by atoms with Crippen molar-refractivity contribution in [1.29, 1.82) is 0 Å². The number of ketones is 1. The van der Waals surface area contributed by atoms with E-state index in [1.165, 1.54) is 6.92 Å². The largest absolute Gasteiger partial charge is 0.508 e. The molecule has 1 rings (SSSR count). The predicted molar refractivity (Wildman–Crippen MR) is 61.6 cm³/mol. The number of phenolic OH excluding ortho intramolecular Hbond substituents is 1. The molecule has 82 valence electrons. The minimum Gasteiger partial charge on any atom is -0.508 e. The maximum Gasteiger partial charge on any atom is 0.134 e. The molecule has 0 unspecified atom stereocenters. The van der Waals surface area contributed by atoms with Gasteiger partial charge in [0.05, 0.1) is 0 Å². The third-order valence-electron chi connectivity index (χ3n) is 2.26. The smallest absolute Gasteiger partial charge is 0.134 e. The molecule has 0 atom stereocenters. The van der Waals surface area contributed by atoms with E-state index in [4.69, 9.17) is 11.6 Å². The van der Waals surface area contributed by atoms with E-state index in [1.807, 2.05) is 13.8 Å². The molecule has 2 nitrogen and oxygen atoms in total. The zero-order valence-electron chi connectivity index (χ0n) is 9.17. The van der Waals surface area contributed by atoms with Gasteiger partial charge >= 0.3 is 0 Å². The van der Waals surface area contributed by atoms with E-state index in [0.29, 0.717) is 10.6 Å². The van der Waals surface area contributed by atoms with Gasteiger partial charge in [-0.05, 0) is 30.5 Å². The van der Waals surface area contributed by atoms with Crippen LogP contribution in [0.1, 0.15) is 37.8 Å². The summed E-state index contributed by atoms with van der Waals surface area (Å²) >= 11 is 6.06. The van der Waals surface area contributed by atoms with E-state index in [-0.39, 0.29) is 23.9 Å². The van der Waals surface area contributed by atoms with E-state index in [2.05, 4.69) is 0 Å². The Labute approximate surface area is 94.9 Å². The highest BCUT2D eigenvalue weighted by atomic mass is 35.5. The number of hydrogen-bond donors (Lipinski definition) is 1. The molecule has 0 aliphatic rings. The van der Waals surface area contributed by atoms with Crippen molar-refractivity contribution < 1.29 is 9.90 Å². The minimum atomic E-state index is 0.0127. The molecule has 0 spiro atoms. The Balaban J connectivity index is 3.13. The molecule has 3 heteroatoms. The lowest BCUT2D eigenvalue weighted by atomic mass is 9.99. The standard InChI is InChI=1S/C12H15ClO2/c1-7(2)10-6-12(15)9(4-8(3)14)5-11(10)13/h5-7,15H,4H2,1-3H3. The predicted octanol–water partition coefficient (Wildman–Crippen LogP) is 3.30. The summed E-state index contributed by atoms with van der Waals surface area (Å²) in [7, 11) is 0. The number of halogens is 1. The summed E-state index contributed by atoms with van der Waals surface area (Å²) in [6.45, 7) is 5.50. The van der Waals surface area contributed by atoms with Crippen molar-refractivity contribution in [2.24, 2.45) is 0 Å². The second kappa shape index (κ2) is 4.67. The van der Waals surface area contributed by atoms with Crippen molar-refractivity contribution >= 4 is 17.4 Å². The Kier molecular flexibility index (Phi) is 3.75. The average molecular weight is 227 g/mol. The van der Waals surface area contributed by atoms with Gasteiger partial charge in [0.25, 0.3) is 0 Å². The molecule has 0 radical (unpaired) electrons. The summed E-state index contributed by atoms with van der Waals surface area (Å²) in [6.07, 6.45) is 0.226. The zero-order chi connectivity index (χ0) is 11.6. The van der Waals surface area contributed by atoms with Crippen molar-refractivity contribution in [2.45, 2.75) is 33.1 Å². The molecule has 0 fully saturated rings. The number of aromatic hydroxyl groups is 1. The molecular formula is C12H15ClO2. The van der Waals surface area contributed by atoms with E-state index in [0.717, 1.165) is 5.56 Å². The van der Waals surface area contributed by atoms with Crippen molar-refractivity contribution in [3.8, 4) is 5.75 Å². The Morgan fingerprint density at radius 1 is 1.47 bits per heavy atom. The number of carbonyl (C=O) groups is 1. The molecule has 0 saturated heterocycles. The fraction of sp³-hybridized carbons (Fsp3) is 0.417.